The molecule has 4 heteroatoms. The summed E-state index contributed by atoms with van der Waals surface area (Å²) in [5.41, 5.74) is 1.21. The van der Waals surface area contributed by atoms with Crippen LogP contribution in [-0.4, -0.2) is 42.2 Å². The molecule has 0 aromatic heterocycles. The normalized spacial score (nSPS) is 16.1. The van der Waals surface area contributed by atoms with Gasteiger partial charge in [-0.2, -0.15) is 0 Å². The molecule has 1 fully saturated rings. The van der Waals surface area contributed by atoms with Gasteiger partial charge in [-0.1, -0.05) is 30.3 Å². The smallest absolute Gasteiger partial charge is 0.234 e. The van der Waals surface area contributed by atoms with Crippen LogP contribution in [0.2, 0.25) is 0 Å². The van der Waals surface area contributed by atoms with Gasteiger partial charge in [-0.15, -0.1) is 0 Å². The Kier molecular flexibility index (Phi) is 5.56. The molecule has 1 aromatic carbocycles. The van der Waals surface area contributed by atoms with Gasteiger partial charge in [-0.3, -0.25) is 9.69 Å². The largest absolute Gasteiger partial charge is 0.396 e. The van der Waals surface area contributed by atoms with Crippen molar-refractivity contribution >= 4 is 5.91 Å². The first-order valence-corrected chi connectivity index (χ1v) is 7.31. The van der Waals surface area contributed by atoms with E-state index in [9.17, 15) is 4.79 Å². The minimum absolute atomic E-state index is 0.0498. The quantitative estimate of drug-likeness (QED) is 0.754. The van der Waals surface area contributed by atoms with Gasteiger partial charge >= 0.3 is 0 Å². The van der Waals surface area contributed by atoms with Gasteiger partial charge < -0.3 is 10.4 Å². The molecule has 0 aliphatic heterocycles. The zero-order valence-electron chi connectivity index (χ0n) is 12.1. The van der Waals surface area contributed by atoms with Crippen LogP contribution in [0.15, 0.2) is 30.3 Å². The molecule has 1 amide bonds. The Morgan fingerprint density at radius 1 is 1.40 bits per heavy atom. The number of hydrogen-bond acceptors (Lipinski definition) is 3. The first kappa shape index (κ1) is 15.0. The van der Waals surface area contributed by atoms with Gasteiger partial charge in [0.1, 0.15) is 0 Å². The molecule has 0 radical (unpaired) electrons. The van der Waals surface area contributed by atoms with E-state index in [4.69, 9.17) is 5.11 Å². The number of aliphatic hydroxyl groups excluding tert-OH is 1. The minimum Gasteiger partial charge on any atom is -0.396 e. The van der Waals surface area contributed by atoms with Crippen molar-refractivity contribution in [2.24, 2.45) is 5.92 Å². The second-order valence-corrected chi connectivity index (χ2v) is 5.68. The monoisotopic (exact) mass is 276 g/mol. The summed E-state index contributed by atoms with van der Waals surface area (Å²) in [5.74, 6) is 0.624. The van der Waals surface area contributed by atoms with Crippen LogP contribution in [0, 0.1) is 5.92 Å². The summed E-state index contributed by atoms with van der Waals surface area (Å²) >= 11 is 0. The van der Waals surface area contributed by atoms with Crippen LogP contribution in [0.5, 0.6) is 0 Å². The second-order valence-electron chi connectivity index (χ2n) is 5.68. The van der Waals surface area contributed by atoms with E-state index in [1.807, 2.05) is 30.1 Å². The minimum atomic E-state index is 0.0498. The summed E-state index contributed by atoms with van der Waals surface area (Å²) in [6.07, 6.45) is 3.01. The lowest BCUT2D eigenvalue weighted by molar-refractivity contribution is -0.123. The highest BCUT2D eigenvalue weighted by molar-refractivity contribution is 5.78. The number of nitrogens with zero attached hydrogens (tertiary/aromatic N) is 1. The third-order valence-corrected chi connectivity index (χ3v) is 3.69. The number of likely N-dealkylation sites (N-methyl/N-ethyl adjacent to an activating group) is 1. The Hall–Kier alpha value is -1.39. The van der Waals surface area contributed by atoms with Gasteiger partial charge in [0, 0.05) is 19.2 Å². The number of hydrogen-bond donors (Lipinski definition) is 2. The van der Waals surface area contributed by atoms with Crippen molar-refractivity contribution in [2.45, 2.75) is 31.8 Å². The van der Waals surface area contributed by atoms with E-state index < -0.39 is 0 Å². The molecule has 110 valence electrons. The van der Waals surface area contributed by atoms with Crippen LogP contribution in [0.4, 0.5) is 0 Å². The van der Waals surface area contributed by atoms with E-state index >= 15 is 0 Å². The van der Waals surface area contributed by atoms with Gasteiger partial charge in [0.25, 0.3) is 0 Å². The number of carbonyl (C=O) groups is 1. The summed E-state index contributed by atoms with van der Waals surface area (Å²) in [6, 6.07) is 10.3. The van der Waals surface area contributed by atoms with Gasteiger partial charge in [-0.25, -0.2) is 0 Å². The van der Waals surface area contributed by atoms with Crippen molar-refractivity contribution in [3.63, 3.8) is 0 Å². The summed E-state index contributed by atoms with van der Waals surface area (Å²) in [4.78, 5) is 14.0. The maximum Gasteiger partial charge on any atom is 0.234 e. The topological polar surface area (TPSA) is 52.6 Å². The SMILES string of the molecule is CN(CC(=O)NC(CCO)C1CC1)Cc1ccccc1. The number of amides is 1. The van der Waals surface area contributed by atoms with Crippen molar-refractivity contribution in [3.05, 3.63) is 35.9 Å². The lowest BCUT2D eigenvalue weighted by Gasteiger charge is -2.20. The highest BCUT2D eigenvalue weighted by Crippen LogP contribution is 2.33. The molecule has 1 aliphatic carbocycles. The fourth-order valence-corrected chi connectivity index (χ4v) is 2.51. The molecular formula is C16H24N2O2. The average molecular weight is 276 g/mol. The lowest BCUT2D eigenvalue weighted by Crippen LogP contribution is -2.42. The molecule has 1 aliphatic rings. The molecule has 2 N–H and O–H groups in total. The Balaban J connectivity index is 1.75. The Bertz CT molecular complexity index is 418. The molecule has 0 saturated heterocycles. The van der Waals surface area contributed by atoms with E-state index in [1.165, 1.54) is 18.4 Å². The van der Waals surface area contributed by atoms with Crippen molar-refractivity contribution in [3.8, 4) is 0 Å². The predicted octanol–water partition coefficient (Wildman–Crippen LogP) is 1.40. The number of aliphatic hydroxyl groups is 1. The number of benzene rings is 1. The molecule has 1 aromatic rings. The van der Waals surface area contributed by atoms with Crippen LogP contribution >= 0.6 is 0 Å². The molecule has 0 bridgehead atoms. The second kappa shape index (κ2) is 7.41. The molecule has 20 heavy (non-hydrogen) atoms. The van der Waals surface area contributed by atoms with Crippen LogP contribution < -0.4 is 5.32 Å². The van der Waals surface area contributed by atoms with E-state index in [-0.39, 0.29) is 18.6 Å². The Morgan fingerprint density at radius 2 is 2.10 bits per heavy atom. The summed E-state index contributed by atoms with van der Waals surface area (Å²) in [5, 5.41) is 12.1. The van der Waals surface area contributed by atoms with E-state index in [0.29, 0.717) is 18.9 Å². The van der Waals surface area contributed by atoms with Gasteiger partial charge in [0.15, 0.2) is 0 Å². The Morgan fingerprint density at radius 3 is 2.70 bits per heavy atom. The van der Waals surface area contributed by atoms with Crippen LogP contribution in [-0.2, 0) is 11.3 Å². The van der Waals surface area contributed by atoms with Gasteiger partial charge in [0.2, 0.25) is 5.91 Å². The van der Waals surface area contributed by atoms with E-state index in [1.54, 1.807) is 0 Å². The van der Waals surface area contributed by atoms with E-state index in [0.717, 1.165) is 6.54 Å². The van der Waals surface area contributed by atoms with Crippen molar-refractivity contribution in [1.82, 2.24) is 10.2 Å². The average Bonchev–Trinajstić information content (AvgIpc) is 3.23. The maximum atomic E-state index is 12.0. The van der Waals surface area contributed by atoms with Gasteiger partial charge in [-0.05, 0) is 37.8 Å². The zero-order valence-corrected chi connectivity index (χ0v) is 12.1. The highest BCUT2D eigenvalue weighted by atomic mass is 16.3. The highest BCUT2D eigenvalue weighted by Gasteiger charge is 2.31. The van der Waals surface area contributed by atoms with E-state index in [2.05, 4.69) is 17.4 Å². The molecular weight excluding hydrogens is 252 g/mol. The number of nitrogens with one attached hydrogen (secondary N) is 1. The standard InChI is InChI=1S/C16H24N2O2/c1-18(11-13-5-3-2-4-6-13)12-16(20)17-15(9-10-19)14-7-8-14/h2-6,14-15,19H,7-12H2,1H3,(H,17,20). The maximum absolute atomic E-state index is 12.0. The number of rotatable bonds is 8. The lowest BCUT2D eigenvalue weighted by atomic mass is 10.1. The fraction of sp³-hybridized carbons (Fsp3) is 0.562. The summed E-state index contributed by atoms with van der Waals surface area (Å²) < 4.78 is 0. The first-order valence-electron chi connectivity index (χ1n) is 7.31. The van der Waals surface area contributed by atoms with Crippen molar-refractivity contribution in [1.29, 1.82) is 0 Å². The number of carbonyl (C=O) groups excluding carboxylic acids is 1. The Labute approximate surface area is 120 Å². The predicted molar refractivity (Wildman–Crippen MR) is 79.1 cm³/mol. The molecule has 1 saturated carbocycles. The zero-order chi connectivity index (χ0) is 14.4. The van der Waals surface area contributed by atoms with Crippen molar-refractivity contribution < 1.29 is 9.90 Å². The molecule has 1 unspecified atom stereocenters. The fourth-order valence-electron chi connectivity index (χ4n) is 2.51. The molecule has 4 nitrogen and oxygen atoms in total. The molecule has 1 atom stereocenters. The molecule has 2 rings (SSSR count). The third kappa shape index (κ3) is 4.94. The van der Waals surface area contributed by atoms with Gasteiger partial charge in [0.05, 0.1) is 6.54 Å². The van der Waals surface area contributed by atoms with Crippen LogP contribution in [0.25, 0.3) is 0 Å². The first-order chi connectivity index (χ1) is 9.69. The third-order valence-electron chi connectivity index (χ3n) is 3.69. The summed E-state index contributed by atoms with van der Waals surface area (Å²) in [6.45, 7) is 1.30. The molecule has 0 spiro atoms. The van der Waals surface area contributed by atoms with Crippen LogP contribution in [0.1, 0.15) is 24.8 Å². The van der Waals surface area contributed by atoms with Crippen LogP contribution in [0.3, 0.4) is 0 Å². The summed E-state index contributed by atoms with van der Waals surface area (Å²) in [7, 11) is 1.95. The van der Waals surface area contributed by atoms with Crippen molar-refractivity contribution in [2.75, 3.05) is 20.2 Å². The molecule has 0 heterocycles.